The monoisotopic (exact) mass is 464 g/mol. The number of nitro groups is 1. The molecule has 0 atom stereocenters. The van der Waals surface area contributed by atoms with E-state index in [0.717, 1.165) is 17.8 Å². The number of alkyl halides is 3. The molecule has 0 aliphatic heterocycles. The van der Waals surface area contributed by atoms with Crippen molar-refractivity contribution in [2.45, 2.75) is 11.3 Å². The third-order valence-corrected chi connectivity index (χ3v) is 4.91. The molecule has 0 aliphatic carbocycles. The van der Waals surface area contributed by atoms with Gasteiger partial charge in [-0.1, -0.05) is 42.1 Å². The molecule has 0 spiro atoms. The lowest BCUT2D eigenvalue weighted by atomic mass is 10.1. The van der Waals surface area contributed by atoms with Gasteiger partial charge in [0.1, 0.15) is 5.69 Å². The second-order valence-electron chi connectivity index (χ2n) is 6.27. The summed E-state index contributed by atoms with van der Waals surface area (Å²) in [6.07, 6.45) is -4.68. The fraction of sp³-hybridized carbons (Fsp3) is 0.150. The summed E-state index contributed by atoms with van der Waals surface area (Å²) in [6, 6.07) is 12.9. The molecule has 0 saturated carbocycles. The van der Waals surface area contributed by atoms with Gasteiger partial charge in [-0.25, -0.2) is 9.97 Å². The molecule has 1 heterocycles. The Morgan fingerprint density at radius 2 is 1.88 bits per heavy atom. The SMILES string of the molecule is COc1cc(NC(=O)CSc2nc(-c3ccccc3)cc(C(F)(F)F)n2)ccc1[N+](=O)[O-]. The smallest absolute Gasteiger partial charge is 0.433 e. The molecular weight excluding hydrogens is 449 g/mol. The van der Waals surface area contributed by atoms with Crippen LogP contribution in [0.2, 0.25) is 0 Å². The number of rotatable bonds is 7. The summed E-state index contributed by atoms with van der Waals surface area (Å²) < 4.78 is 44.8. The zero-order valence-electron chi connectivity index (χ0n) is 16.4. The molecular formula is C20H15F3N4O4S. The van der Waals surface area contributed by atoms with Crippen LogP contribution in [-0.2, 0) is 11.0 Å². The number of aromatic nitrogens is 2. The quantitative estimate of drug-likeness (QED) is 0.231. The van der Waals surface area contributed by atoms with Crippen molar-refractivity contribution in [3.05, 3.63) is 70.4 Å². The van der Waals surface area contributed by atoms with Crippen molar-refractivity contribution in [1.29, 1.82) is 0 Å². The van der Waals surface area contributed by atoms with Gasteiger partial charge >= 0.3 is 11.9 Å². The molecule has 32 heavy (non-hydrogen) atoms. The lowest BCUT2D eigenvalue weighted by Crippen LogP contribution is -2.15. The van der Waals surface area contributed by atoms with E-state index in [1.165, 1.54) is 25.3 Å². The number of thioether (sulfide) groups is 1. The number of amides is 1. The van der Waals surface area contributed by atoms with Crippen molar-refractivity contribution >= 4 is 29.0 Å². The Hall–Kier alpha value is -3.67. The van der Waals surface area contributed by atoms with E-state index in [9.17, 15) is 28.1 Å². The van der Waals surface area contributed by atoms with E-state index in [1.807, 2.05) is 0 Å². The van der Waals surface area contributed by atoms with Gasteiger partial charge in [0.2, 0.25) is 5.91 Å². The van der Waals surface area contributed by atoms with Crippen LogP contribution >= 0.6 is 11.8 Å². The summed E-state index contributed by atoms with van der Waals surface area (Å²) in [6.45, 7) is 0. The average Bonchev–Trinajstić information content (AvgIpc) is 2.77. The molecule has 12 heteroatoms. The molecule has 1 amide bonds. The molecule has 0 fully saturated rings. The lowest BCUT2D eigenvalue weighted by Gasteiger charge is -2.11. The number of benzene rings is 2. The number of carbonyl (C=O) groups excluding carboxylic acids is 1. The minimum Gasteiger partial charge on any atom is -0.490 e. The first-order valence-electron chi connectivity index (χ1n) is 8.94. The van der Waals surface area contributed by atoms with E-state index in [4.69, 9.17) is 4.74 Å². The largest absolute Gasteiger partial charge is 0.490 e. The first-order valence-corrected chi connectivity index (χ1v) is 9.92. The van der Waals surface area contributed by atoms with Crippen LogP contribution < -0.4 is 10.1 Å². The van der Waals surface area contributed by atoms with Crippen molar-refractivity contribution in [3.63, 3.8) is 0 Å². The molecule has 1 aromatic heterocycles. The number of nitrogens with one attached hydrogen (secondary N) is 1. The fourth-order valence-corrected chi connectivity index (χ4v) is 3.28. The summed E-state index contributed by atoms with van der Waals surface area (Å²) in [4.78, 5) is 30.2. The second-order valence-corrected chi connectivity index (χ2v) is 7.21. The van der Waals surface area contributed by atoms with Gasteiger partial charge in [-0.05, 0) is 12.1 Å². The molecule has 0 bridgehead atoms. The van der Waals surface area contributed by atoms with Crippen LogP contribution in [0.4, 0.5) is 24.5 Å². The van der Waals surface area contributed by atoms with E-state index in [0.29, 0.717) is 5.56 Å². The number of anilines is 1. The topological polar surface area (TPSA) is 107 Å². The molecule has 3 rings (SSSR count). The molecule has 8 nitrogen and oxygen atoms in total. The highest BCUT2D eigenvalue weighted by Gasteiger charge is 2.34. The lowest BCUT2D eigenvalue weighted by molar-refractivity contribution is -0.385. The van der Waals surface area contributed by atoms with Crippen LogP contribution in [0.25, 0.3) is 11.3 Å². The zero-order valence-corrected chi connectivity index (χ0v) is 17.2. The van der Waals surface area contributed by atoms with Crippen molar-refractivity contribution < 1.29 is 27.6 Å². The van der Waals surface area contributed by atoms with Crippen molar-refractivity contribution in [1.82, 2.24) is 9.97 Å². The van der Waals surface area contributed by atoms with Gasteiger partial charge in [-0.3, -0.25) is 14.9 Å². The van der Waals surface area contributed by atoms with Gasteiger partial charge in [0.15, 0.2) is 10.9 Å². The van der Waals surface area contributed by atoms with E-state index < -0.39 is 22.7 Å². The number of ether oxygens (including phenoxy) is 1. The highest BCUT2D eigenvalue weighted by atomic mass is 32.2. The average molecular weight is 464 g/mol. The third kappa shape index (κ3) is 5.72. The fourth-order valence-electron chi connectivity index (χ4n) is 2.63. The van der Waals surface area contributed by atoms with Gasteiger partial charge in [-0.15, -0.1) is 0 Å². The van der Waals surface area contributed by atoms with Crippen LogP contribution in [0.3, 0.4) is 0 Å². The molecule has 0 radical (unpaired) electrons. The standard InChI is InChI=1S/C20H15F3N4O4S/c1-31-16-9-13(7-8-15(16)27(29)30)24-18(28)11-32-19-25-14(12-5-3-2-4-6-12)10-17(26-19)20(21,22)23/h2-10H,11H2,1H3,(H,24,28). The van der Waals surface area contributed by atoms with E-state index >= 15 is 0 Å². The van der Waals surface area contributed by atoms with Crippen LogP contribution in [0.1, 0.15) is 5.69 Å². The maximum absolute atomic E-state index is 13.3. The number of methoxy groups -OCH3 is 1. The van der Waals surface area contributed by atoms with Crippen molar-refractivity contribution in [2.75, 3.05) is 18.2 Å². The Morgan fingerprint density at radius 1 is 1.16 bits per heavy atom. The molecule has 2 aromatic carbocycles. The Bertz CT molecular complexity index is 1140. The summed E-state index contributed by atoms with van der Waals surface area (Å²) in [5.74, 6) is -0.892. The number of nitrogens with zero attached hydrogens (tertiary/aromatic N) is 3. The van der Waals surface area contributed by atoms with Crippen LogP contribution in [0, 0.1) is 10.1 Å². The second kappa shape index (κ2) is 9.64. The Labute approximate surface area is 184 Å². The molecule has 166 valence electrons. The Morgan fingerprint density at radius 3 is 2.50 bits per heavy atom. The molecule has 0 saturated heterocycles. The minimum absolute atomic E-state index is 0.0471. The van der Waals surface area contributed by atoms with Gasteiger partial charge < -0.3 is 10.1 Å². The summed E-state index contributed by atoms with van der Waals surface area (Å²) in [5, 5.41) is 13.2. The Kier molecular flexibility index (Phi) is 6.93. The normalized spacial score (nSPS) is 11.1. The minimum atomic E-state index is -4.68. The van der Waals surface area contributed by atoms with Gasteiger partial charge in [0, 0.05) is 23.4 Å². The van der Waals surface area contributed by atoms with Gasteiger partial charge in [-0.2, -0.15) is 13.2 Å². The third-order valence-electron chi connectivity index (χ3n) is 4.06. The number of carbonyl (C=O) groups is 1. The maximum atomic E-state index is 13.3. The first-order chi connectivity index (χ1) is 15.2. The van der Waals surface area contributed by atoms with Crippen LogP contribution in [-0.4, -0.2) is 33.7 Å². The predicted octanol–water partition coefficient (Wildman–Crippen LogP) is 4.81. The molecule has 0 unspecified atom stereocenters. The van der Waals surface area contributed by atoms with E-state index in [1.54, 1.807) is 30.3 Å². The number of halogens is 3. The molecule has 0 aliphatic rings. The summed E-state index contributed by atoms with van der Waals surface area (Å²) in [5.41, 5.74) is -0.603. The molecule has 3 aromatic rings. The number of hydrogen-bond acceptors (Lipinski definition) is 7. The number of nitro benzene ring substituents is 1. The van der Waals surface area contributed by atoms with E-state index in [2.05, 4.69) is 15.3 Å². The summed E-state index contributed by atoms with van der Waals surface area (Å²) in [7, 11) is 1.25. The highest BCUT2D eigenvalue weighted by molar-refractivity contribution is 7.99. The zero-order chi connectivity index (χ0) is 23.3. The van der Waals surface area contributed by atoms with Crippen LogP contribution in [0.15, 0.2) is 59.8 Å². The van der Waals surface area contributed by atoms with Gasteiger partial charge in [0.05, 0.1) is 23.5 Å². The van der Waals surface area contributed by atoms with Gasteiger partial charge in [0.25, 0.3) is 0 Å². The number of hydrogen-bond donors (Lipinski definition) is 1. The first kappa shape index (κ1) is 23.0. The van der Waals surface area contributed by atoms with Crippen molar-refractivity contribution in [3.8, 4) is 17.0 Å². The Balaban J connectivity index is 1.76. The summed E-state index contributed by atoms with van der Waals surface area (Å²) >= 11 is 0.731. The van der Waals surface area contributed by atoms with Crippen LogP contribution in [0.5, 0.6) is 5.75 Å². The van der Waals surface area contributed by atoms with E-state index in [-0.39, 0.29) is 33.7 Å². The predicted molar refractivity (Wildman–Crippen MR) is 111 cm³/mol. The van der Waals surface area contributed by atoms with Crippen molar-refractivity contribution in [2.24, 2.45) is 0 Å². The highest BCUT2D eigenvalue weighted by Crippen LogP contribution is 2.32. The molecule has 1 N–H and O–H groups in total. The maximum Gasteiger partial charge on any atom is 0.433 e.